The Bertz CT molecular complexity index is 381. The maximum atomic E-state index is 11.7. The number of nitro benzene ring substituents is 1. The Morgan fingerprint density at radius 2 is 2.13 bits per heavy atom. The third kappa shape index (κ3) is 3.10. The van der Waals surface area contributed by atoms with E-state index in [1.165, 1.54) is 12.1 Å². The molecule has 1 rings (SSSR count). The zero-order valence-electron chi connectivity index (χ0n) is 8.30. The molecule has 0 amide bonds. The summed E-state index contributed by atoms with van der Waals surface area (Å²) in [7, 11) is 0.427. The summed E-state index contributed by atoms with van der Waals surface area (Å²) in [6.07, 6.45) is 0. The van der Waals surface area contributed by atoms with Crippen LogP contribution in [-0.4, -0.2) is 28.5 Å². The van der Waals surface area contributed by atoms with Gasteiger partial charge in [0.1, 0.15) is 4.90 Å². The van der Waals surface area contributed by atoms with E-state index in [-0.39, 0.29) is 10.6 Å². The van der Waals surface area contributed by atoms with Crippen molar-refractivity contribution in [2.24, 2.45) is 0 Å². The number of nitrogens with one attached hydrogen (secondary N) is 1. The second-order valence-corrected chi connectivity index (χ2v) is 4.42. The van der Waals surface area contributed by atoms with Crippen LogP contribution in [0, 0.1) is 10.1 Å². The van der Waals surface area contributed by atoms with Gasteiger partial charge in [-0.15, -0.1) is 0 Å². The van der Waals surface area contributed by atoms with Crippen molar-refractivity contribution in [1.29, 1.82) is 0 Å². The van der Waals surface area contributed by atoms with Gasteiger partial charge in [-0.25, -0.2) is 0 Å². The normalized spacial score (nSPS) is 12.3. The molecule has 0 aromatic heterocycles. The molecule has 0 saturated carbocycles. The summed E-state index contributed by atoms with van der Waals surface area (Å²) in [5, 5.41) is 13.5. The van der Waals surface area contributed by atoms with Crippen LogP contribution in [0.5, 0.6) is 0 Å². The molecule has 6 heteroatoms. The van der Waals surface area contributed by atoms with Crippen molar-refractivity contribution in [1.82, 2.24) is 5.32 Å². The highest BCUT2D eigenvalue weighted by Crippen LogP contribution is 2.21. The molecule has 1 N–H and O–H groups in total. The molecule has 0 aliphatic carbocycles. The zero-order chi connectivity index (χ0) is 11.3. The summed E-state index contributed by atoms with van der Waals surface area (Å²) < 4.78 is 11.7. The highest BCUT2D eigenvalue weighted by Gasteiger charge is 2.17. The van der Waals surface area contributed by atoms with Gasteiger partial charge in [-0.1, -0.05) is 12.1 Å². The van der Waals surface area contributed by atoms with E-state index in [1.54, 1.807) is 19.2 Å². The van der Waals surface area contributed by atoms with Crippen molar-refractivity contribution in [3.63, 3.8) is 0 Å². The highest BCUT2D eigenvalue weighted by molar-refractivity contribution is 7.85. The topological polar surface area (TPSA) is 72.2 Å². The van der Waals surface area contributed by atoms with Gasteiger partial charge in [-0.2, -0.15) is 0 Å². The lowest BCUT2D eigenvalue weighted by Gasteiger charge is -2.02. The van der Waals surface area contributed by atoms with Crippen LogP contribution < -0.4 is 5.32 Å². The first-order valence-electron chi connectivity index (χ1n) is 4.43. The van der Waals surface area contributed by atoms with E-state index in [2.05, 4.69) is 5.32 Å². The van der Waals surface area contributed by atoms with Gasteiger partial charge >= 0.3 is 0 Å². The summed E-state index contributed by atoms with van der Waals surface area (Å²) in [6.45, 7) is 0.568. The fourth-order valence-electron chi connectivity index (χ4n) is 1.11. The molecule has 0 spiro atoms. The van der Waals surface area contributed by atoms with Gasteiger partial charge in [0.25, 0.3) is 5.69 Å². The lowest BCUT2D eigenvalue weighted by molar-refractivity contribution is -0.387. The van der Waals surface area contributed by atoms with Gasteiger partial charge in [0.15, 0.2) is 0 Å². The van der Waals surface area contributed by atoms with Crippen LogP contribution in [0.2, 0.25) is 0 Å². The number of benzene rings is 1. The van der Waals surface area contributed by atoms with Crippen molar-refractivity contribution in [3.8, 4) is 0 Å². The monoisotopic (exact) mass is 228 g/mol. The number of rotatable bonds is 5. The van der Waals surface area contributed by atoms with Gasteiger partial charge in [0, 0.05) is 18.4 Å². The Morgan fingerprint density at radius 3 is 2.73 bits per heavy atom. The Hall–Kier alpha value is -1.27. The fourth-order valence-corrected chi connectivity index (χ4v) is 2.32. The van der Waals surface area contributed by atoms with E-state index in [9.17, 15) is 14.3 Å². The molecule has 0 bridgehead atoms. The standard InChI is InChI=1S/C9H12N2O3S/c1-10-6-7-15(14)9-5-3-2-4-8(9)11(12)13/h2-5,10H,6-7H2,1H3. The van der Waals surface area contributed by atoms with Crippen LogP contribution >= 0.6 is 0 Å². The smallest absolute Gasteiger partial charge is 0.285 e. The van der Waals surface area contributed by atoms with E-state index in [0.29, 0.717) is 12.3 Å². The van der Waals surface area contributed by atoms with Crippen molar-refractivity contribution < 1.29 is 9.13 Å². The summed E-state index contributed by atoms with van der Waals surface area (Å²) in [5.74, 6) is 0.376. The minimum absolute atomic E-state index is 0.0769. The summed E-state index contributed by atoms with van der Waals surface area (Å²) >= 11 is 0. The zero-order valence-corrected chi connectivity index (χ0v) is 9.12. The molecule has 15 heavy (non-hydrogen) atoms. The molecule has 0 fully saturated rings. The lowest BCUT2D eigenvalue weighted by Crippen LogP contribution is -2.16. The minimum Gasteiger partial charge on any atom is -0.319 e. The predicted molar refractivity (Wildman–Crippen MR) is 58.3 cm³/mol. The first-order chi connectivity index (χ1) is 7.16. The average molecular weight is 228 g/mol. The van der Waals surface area contributed by atoms with Crippen LogP contribution in [0.25, 0.3) is 0 Å². The molecular weight excluding hydrogens is 216 g/mol. The number of nitro groups is 1. The predicted octanol–water partition coefficient (Wildman–Crippen LogP) is 0.922. The van der Waals surface area contributed by atoms with Crippen LogP contribution in [0.4, 0.5) is 5.69 Å². The van der Waals surface area contributed by atoms with Crippen LogP contribution in [0.15, 0.2) is 29.2 Å². The average Bonchev–Trinajstić information content (AvgIpc) is 2.25. The van der Waals surface area contributed by atoms with Crippen LogP contribution in [-0.2, 0) is 10.8 Å². The molecule has 0 saturated heterocycles. The number of hydrogen-bond donors (Lipinski definition) is 1. The Morgan fingerprint density at radius 1 is 1.47 bits per heavy atom. The Balaban J connectivity index is 2.92. The van der Waals surface area contributed by atoms with Crippen molar-refractivity contribution in [2.75, 3.05) is 19.3 Å². The first kappa shape index (κ1) is 11.8. The molecule has 0 heterocycles. The molecule has 0 radical (unpaired) electrons. The lowest BCUT2D eigenvalue weighted by atomic mass is 10.3. The SMILES string of the molecule is CNCCS(=O)c1ccccc1[N+](=O)[O-]. The second kappa shape index (κ2) is 5.57. The maximum Gasteiger partial charge on any atom is 0.285 e. The van der Waals surface area contributed by atoms with Crippen LogP contribution in [0.3, 0.4) is 0 Å². The van der Waals surface area contributed by atoms with Crippen LogP contribution in [0.1, 0.15) is 0 Å². The molecule has 0 aliphatic rings. The summed E-state index contributed by atoms with van der Waals surface area (Å²) in [4.78, 5) is 10.4. The molecule has 5 nitrogen and oxygen atoms in total. The van der Waals surface area contributed by atoms with Crippen molar-refractivity contribution in [2.45, 2.75) is 4.90 Å². The number of nitrogens with zero attached hydrogens (tertiary/aromatic N) is 1. The molecule has 0 aliphatic heterocycles. The van der Waals surface area contributed by atoms with E-state index in [4.69, 9.17) is 0 Å². The van der Waals surface area contributed by atoms with Gasteiger partial charge in [-0.3, -0.25) is 14.3 Å². The molecule has 1 atom stereocenters. The number of hydrogen-bond acceptors (Lipinski definition) is 4. The number of para-hydroxylation sites is 1. The Kier molecular flexibility index (Phi) is 4.38. The van der Waals surface area contributed by atoms with Crippen molar-refractivity contribution in [3.05, 3.63) is 34.4 Å². The molecule has 1 unspecified atom stereocenters. The van der Waals surface area contributed by atoms with E-state index in [0.717, 1.165) is 0 Å². The second-order valence-electron chi connectivity index (χ2n) is 2.88. The molecule has 82 valence electrons. The molecule has 1 aromatic carbocycles. The maximum absolute atomic E-state index is 11.7. The summed E-state index contributed by atoms with van der Waals surface area (Å²) in [6, 6.07) is 6.12. The summed E-state index contributed by atoms with van der Waals surface area (Å²) in [5.41, 5.74) is -0.0769. The van der Waals surface area contributed by atoms with Gasteiger partial charge in [0.05, 0.1) is 15.7 Å². The molecular formula is C9H12N2O3S. The quantitative estimate of drug-likeness (QED) is 0.601. The highest BCUT2D eigenvalue weighted by atomic mass is 32.2. The minimum atomic E-state index is -1.32. The van der Waals surface area contributed by atoms with Gasteiger partial charge in [-0.05, 0) is 13.1 Å². The molecule has 1 aromatic rings. The van der Waals surface area contributed by atoms with Gasteiger partial charge in [0.2, 0.25) is 0 Å². The fraction of sp³-hybridized carbons (Fsp3) is 0.333. The van der Waals surface area contributed by atoms with E-state index < -0.39 is 15.7 Å². The largest absolute Gasteiger partial charge is 0.319 e. The van der Waals surface area contributed by atoms with E-state index >= 15 is 0 Å². The Labute approximate surface area is 90.1 Å². The first-order valence-corrected chi connectivity index (χ1v) is 5.75. The van der Waals surface area contributed by atoms with E-state index in [1.807, 2.05) is 0 Å². The third-order valence-corrected chi connectivity index (χ3v) is 3.26. The van der Waals surface area contributed by atoms with Crippen molar-refractivity contribution >= 4 is 16.5 Å². The third-order valence-electron chi connectivity index (χ3n) is 1.84. The van der Waals surface area contributed by atoms with Gasteiger partial charge < -0.3 is 5.32 Å².